The van der Waals surface area contributed by atoms with E-state index in [4.69, 9.17) is 4.43 Å². The van der Waals surface area contributed by atoms with Crippen LogP contribution in [0.4, 0.5) is 0 Å². The largest absolute Gasteiger partial charge is 0.411 e. The lowest BCUT2D eigenvalue weighted by Gasteiger charge is -2.56. The third kappa shape index (κ3) is 4.22. The van der Waals surface area contributed by atoms with Crippen molar-refractivity contribution in [3.63, 3.8) is 0 Å². The zero-order chi connectivity index (χ0) is 28.8. The van der Waals surface area contributed by atoms with Crippen LogP contribution in [0.2, 0.25) is 18.1 Å². The quantitative estimate of drug-likeness (QED) is 0.258. The summed E-state index contributed by atoms with van der Waals surface area (Å²) < 4.78 is 22.7. The molecule has 0 spiro atoms. The number of hydrogen-bond donors (Lipinski definition) is 0. The summed E-state index contributed by atoms with van der Waals surface area (Å²) in [5.74, 6) is 4.80. The second-order valence-electron chi connectivity index (χ2n) is 16.2. The lowest BCUT2D eigenvalue weighted by atomic mass is 9.50. The fourth-order valence-electron chi connectivity index (χ4n) is 10.2. The van der Waals surface area contributed by atoms with E-state index in [0.29, 0.717) is 5.92 Å². The van der Waals surface area contributed by atoms with Gasteiger partial charge in [-0.25, -0.2) is 0 Å². The molecule has 0 saturated heterocycles. The topological polar surface area (TPSA) is 26.3 Å². The normalized spacial score (nSPS) is 38.2. The van der Waals surface area contributed by atoms with Gasteiger partial charge in [0.1, 0.15) is 0 Å². The molecule has 8 atom stereocenters. The highest BCUT2D eigenvalue weighted by Gasteiger charge is 2.67. The summed E-state index contributed by atoms with van der Waals surface area (Å²) in [5.41, 5.74) is 0.235. The molecule has 5 aliphatic carbocycles. The van der Waals surface area contributed by atoms with E-state index < -0.39 is 15.5 Å². The second-order valence-corrected chi connectivity index (χ2v) is 23.6. The van der Waals surface area contributed by atoms with Crippen molar-refractivity contribution in [1.29, 1.82) is 0 Å². The van der Waals surface area contributed by atoms with Crippen LogP contribution in [-0.4, -0.2) is 13.9 Å². The fraction of sp³-hybridized carbons (Fsp3) is 0.622. The van der Waals surface area contributed by atoms with Gasteiger partial charge in [0.05, 0.1) is 5.60 Å². The summed E-state index contributed by atoms with van der Waals surface area (Å²) in [4.78, 5) is 0. The van der Waals surface area contributed by atoms with Gasteiger partial charge in [-0.2, -0.15) is 0 Å². The number of fused-ring (bicyclic) bond motifs is 7. The van der Waals surface area contributed by atoms with Gasteiger partial charge >= 0.3 is 0 Å². The zero-order valence-electron chi connectivity index (χ0n) is 26.2. The lowest BCUT2D eigenvalue weighted by molar-refractivity contribution is -0.0623. The highest BCUT2D eigenvalue weighted by atomic mass is 31.2. The first-order valence-electron chi connectivity index (χ1n) is 16.5. The van der Waals surface area contributed by atoms with E-state index in [2.05, 4.69) is 95.4 Å². The summed E-state index contributed by atoms with van der Waals surface area (Å²) in [6, 6.07) is 20.8. The molecule has 41 heavy (non-hydrogen) atoms. The van der Waals surface area contributed by atoms with E-state index in [1.165, 1.54) is 50.3 Å². The molecule has 220 valence electrons. The molecular formula is C37H51O2PSi. The van der Waals surface area contributed by atoms with Gasteiger partial charge < -0.3 is 8.99 Å². The molecule has 4 heteroatoms. The summed E-state index contributed by atoms with van der Waals surface area (Å²) in [6.45, 7) is 14.6. The van der Waals surface area contributed by atoms with Gasteiger partial charge in [0.25, 0.3) is 0 Å². The SMILES string of the molecule is CC(C)(C)[Si](C)(C)OC12CC[C@@H]3[C@H]4CC[C@]5(C)C(P(=O)(c6ccccc6)c6ccccc6)=CC[C@H]5[C@@H]4CC[C@@H]3C1C2. The molecule has 0 bridgehead atoms. The minimum atomic E-state index is -2.90. The maximum atomic E-state index is 15.5. The van der Waals surface area contributed by atoms with Crippen molar-refractivity contribution in [3.8, 4) is 0 Å². The van der Waals surface area contributed by atoms with Gasteiger partial charge in [-0.05, 0) is 116 Å². The van der Waals surface area contributed by atoms with Gasteiger partial charge in [-0.3, -0.25) is 0 Å². The van der Waals surface area contributed by atoms with E-state index in [1.807, 2.05) is 12.1 Å². The van der Waals surface area contributed by atoms with Gasteiger partial charge in [0, 0.05) is 10.6 Å². The Morgan fingerprint density at radius 1 is 0.780 bits per heavy atom. The average molecular weight is 587 g/mol. The van der Waals surface area contributed by atoms with Crippen LogP contribution in [0.1, 0.15) is 79.1 Å². The Bertz CT molecular complexity index is 1330. The van der Waals surface area contributed by atoms with Crippen molar-refractivity contribution in [2.75, 3.05) is 0 Å². The number of allylic oxidation sites excluding steroid dienone is 2. The molecule has 5 aliphatic rings. The predicted molar refractivity (Wildman–Crippen MR) is 175 cm³/mol. The highest BCUT2D eigenvalue weighted by Crippen LogP contribution is 2.73. The van der Waals surface area contributed by atoms with Crippen molar-refractivity contribution in [1.82, 2.24) is 0 Å². The van der Waals surface area contributed by atoms with Crippen LogP contribution in [0.3, 0.4) is 0 Å². The Labute approximate surface area is 250 Å². The molecule has 0 heterocycles. The summed E-state index contributed by atoms with van der Waals surface area (Å²) in [7, 11) is -4.66. The molecule has 2 unspecified atom stereocenters. The molecule has 2 aromatic carbocycles. The maximum Gasteiger partial charge on any atom is 0.192 e. The maximum absolute atomic E-state index is 15.5. The van der Waals surface area contributed by atoms with Crippen LogP contribution in [-0.2, 0) is 8.99 Å². The molecule has 0 aliphatic heterocycles. The molecule has 0 radical (unpaired) electrons. The number of hydrogen-bond acceptors (Lipinski definition) is 2. The Kier molecular flexibility index (Phi) is 6.60. The summed E-state index contributed by atoms with van der Waals surface area (Å²) in [6.07, 6.45) is 12.8. The van der Waals surface area contributed by atoms with Gasteiger partial charge in [-0.1, -0.05) is 94.4 Å². The summed E-state index contributed by atoms with van der Waals surface area (Å²) in [5, 5.41) is 3.55. The van der Waals surface area contributed by atoms with Gasteiger partial charge in [0.15, 0.2) is 15.5 Å². The smallest absolute Gasteiger partial charge is 0.192 e. The van der Waals surface area contributed by atoms with Crippen molar-refractivity contribution >= 4 is 26.1 Å². The van der Waals surface area contributed by atoms with E-state index in [1.54, 1.807) is 0 Å². The first kappa shape index (κ1) is 28.4. The van der Waals surface area contributed by atoms with Crippen LogP contribution in [0.15, 0.2) is 72.1 Å². The zero-order valence-corrected chi connectivity index (χ0v) is 28.1. The molecule has 0 amide bonds. The fourth-order valence-corrected chi connectivity index (χ4v) is 15.3. The minimum Gasteiger partial charge on any atom is -0.411 e. The highest BCUT2D eigenvalue weighted by molar-refractivity contribution is 7.82. The van der Waals surface area contributed by atoms with E-state index in [-0.39, 0.29) is 16.1 Å². The lowest BCUT2D eigenvalue weighted by Crippen LogP contribution is -2.51. The van der Waals surface area contributed by atoms with Gasteiger partial charge in [-0.15, -0.1) is 0 Å². The third-order valence-electron chi connectivity index (χ3n) is 13.3. The third-order valence-corrected chi connectivity index (χ3v) is 21.3. The first-order valence-corrected chi connectivity index (χ1v) is 21.1. The molecule has 7 rings (SSSR count). The minimum absolute atomic E-state index is 0.0265. The van der Waals surface area contributed by atoms with Crippen LogP contribution in [0.5, 0.6) is 0 Å². The van der Waals surface area contributed by atoms with Crippen molar-refractivity contribution < 1.29 is 8.99 Å². The monoisotopic (exact) mass is 586 g/mol. The van der Waals surface area contributed by atoms with Crippen LogP contribution in [0.25, 0.3) is 0 Å². The van der Waals surface area contributed by atoms with Crippen molar-refractivity contribution in [3.05, 3.63) is 72.1 Å². The van der Waals surface area contributed by atoms with E-state index in [0.717, 1.165) is 46.6 Å². The Morgan fingerprint density at radius 2 is 1.32 bits per heavy atom. The van der Waals surface area contributed by atoms with Gasteiger partial charge in [0.2, 0.25) is 0 Å². The molecule has 4 fully saturated rings. The molecule has 2 aromatic rings. The Hall–Kier alpha value is -1.41. The molecule has 0 aromatic heterocycles. The van der Waals surface area contributed by atoms with E-state index >= 15 is 4.57 Å². The van der Waals surface area contributed by atoms with Crippen molar-refractivity contribution in [2.45, 2.75) is 103 Å². The van der Waals surface area contributed by atoms with Crippen LogP contribution in [0, 0.1) is 40.9 Å². The van der Waals surface area contributed by atoms with E-state index in [9.17, 15) is 0 Å². The number of benzene rings is 2. The standard InChI is InChI=1S/C37H51O2PSi/c1-35(2,3)41(5,6)39-37-24-22-29-28-21-23-36(4)32(30(28)17-18-31(29)33(37)25-37)19-20-34(36)40(38,26-13-9-7-10-14-26)27-15-11-8-12-16-27/h7-16,20,28-33H,17-19,21-25H2,1-6H3/t28-,29-,30-,31+,32+,33?,36+,37?/m1/s1. The Balaban J connectivity index is 1.14. The first-order chi connectivity index (χ1) is 19.4. The Morgan fingerprint density at radius 3 is 1.88 bits per heavy atom. The number of rotatable bonds is 5. The second kappa shape index (κ2) is 9.54. The molecule has 4 saturated carbocycles. The molecule has 0 N–H and O–H groups in total. The molecule has 2 nitrogen and oxygen atoms in total. The average Bonchev–Trinajstić information content (AvgIpc) is 3.56. The van der Waals surface area contributed by atoms with Crippen molar-refractivity contribution in [2.24, 2.45) is 40.9 Å². The van der Waals surface area contributed by atoms with Crippen LogP contribution < -0.4 is 10.6 Å². The van der Waals surface area contributed by atoms with Crippen LogP contribution >= 0.6 is 7.14 Å². The summed E-state index contributed by atoms with van der Waals surface area (Å²) >= 11 is 0. The molecular weight excluding hydrogens is 535 g/mol. The predicted octanol–water partition coefficient (Wildman–Crippen LogP) is 9.54.